The Morgan fingerprint density at radius 1 is 0.957 bits per heavy atom. The number of hydrogen-bond acceptors (Lipinski definition) is 7. The largest absolute Gasteiger partial charge is 0.372 e. The molecule has 9 nitrogen and oxygen atoms in total. The van der Waals surface area contributed by atoms with Gasteiger partial charge in [0.15, 0.2) is 0 Å². The minimum absolute atomic E-state index is 0.269. The van der Waals surface area contributed by atoms with E-state index in [4.69, 9.17) is 15.8 Å². The highest BCUT2D eigenvalue weighted by molar-refractivity contribution is 7.87. The van der Waals surface area contributed by atoms with Crippen LogP contribution in [-0.4, -0.2) is 18.3 Å². The molecule has 2 aromatic carbocycles. The second-order valence-corrected chi connectivity index (χ2v) is 6.14. The summed E-state index contributed by atoms with van der Waals surface area (Å²) in [5, 5.41) is 21.9. The van der Waals surface area contributed by atoms with Crippen LogP contribution in [0.15, 0.2) is 47.4 Å². The number of non-ortho nitro benzene ring substituents is 1. The van der Waals surface area contributed by atoms with Crippen molar-refractivity contribution in [2.45, 2.75) is 4.90 Å². The average molecular weight is 359 g/mol. The van der Waals surface area contributed by atoms with Gasteiger partial charge in [0.1, 0.15) is 4.90 Å². The van der Waals surface area contributed by atoms with Gasteiger partial charge in [0.2, 0.25) is 5.75 Å². The number of rotatable bonds is 5. The second kappa shape index (κ2) is 6.18. The third kappa shape index (κ3) is 3.73. The minimum atomic E-state index is -4.35. The molecule has 0 bridgehead atoms. The Labute approximate surface area is 134 Å². The van der Waals surface area contributed by atoms with E-state index in [9.17, 15) is 28.6 Å². The molecule has 0 N–H and O–H groups in total. The summed E-state index contributed by atoms with van der Waals surface area (Å²) in [6, 6.07) is 7.31. The first-order chi connectivity index (χ1) is 10.7. The van der Waals surface area contributed by atoms with Gasteiger partial charge >= 0.3 is 15.8 Å². The third-order valence-corrected chi connectivity index (χ3v) is 4.15. The van der Waals surface area contributed by atoms with E-state index in [1.54, 1.807) is 0 Å². The van der Waals surface area contributed by atoms with Crippen LogP contribution in [0.3, 0.4) is 0 Å². The molecule has 0 radical (unpaired) electrons. The molecule has 0 spiro atoms. The highest BCUT2D eigenvalue weighted by atomic mass is 35.5. The normalized spacial score (nSPS) is 11.0. The summed E-state index contributed by atoms with van der Waals surface area (Å²) in [6.07, 6.45) is 0. The maximum Gasteiger partial charge on any atom is 0.339 e. The summed E-state index contributed by atoms with van der Waals surface area (Å²) in [5.41, 5.74) is -1.40. The van der Waals surface area contributed by atoms with Crippen LogP contribution < -0.4 is 4.18 Å². The molecule has 0 aliphatic carbocycles. The molecule has 0 fully saturated rings. The molecule has 120 valence electrons. The maximum atomic E-state index is 12.1. The molecule has 2 aromatic rings. The number of benzene rings is 2. The molecule has 0 aliphatic heterocycles. The fourth-order valence-corrected chi connectivity index (χ4v) is 2.67. The Bertz CT molecular complexity index is 881. The Morgan fingerprint density at radius 2 is 1.57 bits per heavy atom. The first-order valence-corrected chi connectivity index (χ1v) is 7.62. The maximum absolute atomic E-state index is 12.1. The fraction of sp³-hybridized carbons (Fsp3) is 0. The van der Waals surface area contributed by atoms with Crippen molar-refractivity contribution in [2.24, 2.45) is 0 Å². The molecule has 0 aromatic heterocycles. The van der Waals surface area contributed by atoms with Gasteiger partial charge in [-0.3, -0.25) is 20.2 Å². The standard InChI is InChI=1S/C12H7ClN2O7S/c13-8-1-4-10(5-2-8)23(20,21)22-12-6-3-9(14(16)17)7-11(12)15(18)19/h1-7H. The highest BCUT2D eigenvalue weighted by Gasteiger charge is 2.26. The molecule has 0 saturated heterocycles. The van der Waals surface area contributed by atoms with Crippen molar-refractivity contribution in [3.63, 3.8) is 0 Å². The van der Waals surface area contributed by atoms with E-state index >= 15 is 0 Å². The van der Waals surface area contributed by atoms with E-state index in [-0.39, 0.29) is 4.90 Å². The van der Waals surface area contributed by atoms with Gasteiger partial charge in [-0.25, -0.2) is 0 Å². The number of nitro groups is 2. The Hall–Kier alpha value is -2.72. The summed E-state index contributed by atoms with van der Waals surface area (Å²) in [7, 11) is -4.35. The summed E-state index contributed by atoms with van der Waals surface area (Å²) in [4.78, 5) is 19.5. The molecule has 0 aliphatic rings. The Kier molecular flexibility index (Phi) is 4.48. The molecule has 11 heteroatoms. The SMILES string of the molecule is O=[N+]([O-])c1ccc(OS(=O)(=O)c2ccc(Cl)cc2)c([N+](=O)[O-])c1. The topological polar surface area (TPSA) is 130 Å². The number of hydrogen-bond donors (Lipinski definition) is 0. The van der Waals surface area contributed by atoms with Gasteiger partial charge in [-0.1, -0.05) is 11.6 Å². The zero-order valence-electron chi connectivity index (χ0n) is 11.1. The fourth-order valence-electron chi connectivity index (χ4n) is 1.60. The Morgan fingerprint density at radius 3 is 2.09 bits per heavy atom. The number of halogens is 1. The summed E-state index contributed by atoms with van der Waals surface area (Å²) in [5.74, 6) is -0.629. The van der Waals surface area contributed by atoms with E-state index in [0.717, 1.165) is 24.3 Å². The first kappa shape index (κ1) is 16.6. The number of nitro benzene ring substituents is 2. The zero-order valence-corrected chi connectivity index (χ0v) is 12.7. The van der Waals surface area contributed by atoms with Crippen LogP contribution in [0.1, 0.15) is 0 Å². The van der Waals surface area contributed by atoms with Gasteiger partial charge in [0.25, 0.3) is 5.69 Å². The summed E-state index contributed by atoms with van der Waals surface area (Å²) in [6.45, 7) is 0. The summed E-state index contributed by atoms with van der Waals surface area (Å²) < 4.78 is 28.9. The van der Waals surface area contributed by atoms with E-state index < -0.39 is 37.1 Å². The van der Waals surface area contributed by atoms with Crippen LogP contribution in [0.5, 0.6) is 5.75 Å². The van der Waals surface area contributed by atoms with Crippen LogP contribution in [0, 0.1) is 20.2 Å². The molecule has 0 atom stereocenters. The van der Waals surface area contributed by atoms with Gasteiger partial charge in [0.05, 0.1) is 15.9 Å². The predicted molar refractivity (Wildman–Crippen MR) is 79.0 cm³/mol. The predicted octanol–water partition coefficient (Wildman–Crippen LogP) is 2.92. The van der Waals surface area contributed by atoms with Crippen LogP contribution >= 0.6 is 11.6 Å². The highest BCUT2D eigenvalue weighted by Crippen LogP contribution is 2.33. The lowest BCUT2D eigenvalue weighted by Crippen LogP contribution is -2.11. The quantitative estimate of drug-likeness (QED) is 0.456. The molecule has 0 amide bonds. The average Bonchev–Trinajstić information content (AvgIpc) is 2.47. The molecule has 0 heterocycles. The van der Waals surface area contributed by atoms with E-state index in [1.165, 1.54) is 12.1 Å². The van der Waals surface area contributed by atoms with Crippen LogP contribution in [0.4, 0.5) is 11.4 Å². The molecular weight excluding hydrogens is 352 g/mol. The van der Waals surface area contributed by atoms with E-state index in [1.807, 2.05) is 0 Å². The molecule has 23 heavy (non-hydrogen) atoms. The molecule has 0 unspecified atom stereocenters. The zero-order chi connectivity index (χ0) is 17.2. The lowest BCUT2D eigenvalue weighted by molar-refractivity contribution is -0.394. The smallest absolute Gasteiger partial charge is 0.339 e. The number of nitrogens with zero attached hydrogens (tertiary/aromatic N) is 2. The van der Waals surface area contributed by atoms with Gasteiger partial charge < -0.3 is 4.18 Å². The van der Waals surface area contributed by atoms with Crippen molar-refractivity contribution in [3.8, 4) is 5.75 Å². The lowest BCUT2D eigenvalue weighted by atomic mass is 10.2. The van der Waals surface area contributed by atoms with E-state index in [2.05, 4.69) is 0 Å². The van der Waals surface area contributed by atoms with Crippen molar-refractivity contribution in [3.05, 3.63) is 67.7 Å². The van der Waals surface area contributed by atoms with Crippen molar-refractivity contribution >= 4 is 33.1 Å². The van der Waals surface area contributed by atoms with Crippen LogP contribution in [-0.2, 0) is 10.1 Å². The molecule has 0 saturated carbocycles. The van der Waals surface area contributed by atoms with Crippen molar-refractivity contribution in [1.82, 2.24) is 0 Å². The third-order valence-electron chi connectivity index (χ3n) is 2.65. The van der Waals surface area contributed by atoms with Crippen LogP contribution in [0.2, 0.25) is 5.02 Å². The second-order valence-electron chi connectivity index (χ2n) is 4.16. The Balaban J connectivity index is 2.44. The van der Waals surface area contributed by atoms with Crippen molar-refractivity contribution < 1.29 is 22.4 Å². The first-order valence-electron chi connectivity index (χ1n) is 5.83. The minimum Gasteiger partial charge on any atom is -0.372 e. The molecular formula is C12H7ClN2O7S. The van der Waals surface area contributed by atoms with Crippen LogP contribution in [0.25, 0.3) is 0 Å². The van der Waals surface area contributed by atoms with Gasteiger partial charge in [-0.05, 0) is 30.3 Å². The molecule has 2 rings (SSSR count). The van der Waals surface area contributed by atoms with Crippen molar-refractivity contribution in [2.75, 3.05) is 0 Å². The van der Waals surface area contributed by atoms with E-state index in [0.29, 0.717) is 11.1 Å². The van der Waals surface area contributed by atoms with Gasteiger partial charge in [-0.15, -0.1) is 0 Å². The monoisotopic (exact) mass is 358 g/mol. The van der Waals surface area contributed by atoms with Gasteiger partial charge in [0, 0.05) is 11.1 Å². The summed E-state index contributed by atoms with van der Waals surface area (Å²) >= 11 is 5.65. The van der Waals surface area contributed by atoms with Crippen molar-refractivity contribution in [1.29, 1.82) is 0 Å². The van der Waals surface area contributed by atoms with Gasteiger partial charge in [-0.2, -0.15) is 8.42 Å². The lowest BCUT2D eigenvalue weighted by Gasteiger charge is -2.07.